The number of likely N-dealkylation sites (tertiary alicyclic amines) is 1. The fraction of sp³-hybridized carbons (Fsp3) is 0.375. The first-order valence-electron chi connectivity index (χ1n) is 10.3. The van der Waals surface area contributed by atoms with E-state index in [1.54, 1.807) is 17.0 Å². The van der Waals surface area contributed by atoms with Gasteiger partial charge in [0.05, 0.1) is 24.8 Å². The molecular formula is C24H28N2O5. The maximum atomic E-state index is 12.6. The summed E-state index contributed by atoms with van der Waals surface area (Å²) in [7, 11) is 1.52. The summed E-state index contributed by atoms with van der Waals surface area (Å²) >= 11 is 0. The Bertz CT molecular complexity index is 960. The molecule has 0 aromatic heterocycles. The SMILES string of the molecule is COc1ccc(C)cc1NC(=O)[C@@H](C)OC(=O)[C@H]1CC(=O)N([C@@H](C)c2ccccc2)C1. The molecule has 0 aliphatic carbocycles. The molecule has 31 heavy (non-hydrogen) atoms. The van der Waals surface area contributed by atoms with Crippen LogP contribution in [0.25, 0.3) is 0 Å². The molecule has 3 atom stereocenters. The van der Waals surface area contributed by atoms with Gasteiger partial charge in [0.25, 0.3) is 5.91 Å². The van der Waals surface area contributed by atoms with Crippen LogP contribution in [0.3, 0.4) is 0 Å². The van der Waals surface area contributed by atoms with E-state index in [0.29, 0.717) is 11.4 Å². The topological polar surface area (TPSA) is 84.9 Å². The van der Waals surface area contributed by atoms with E-state index in [9.17, 15) is 14.4 Å². The lowest BCUT2D eigenvalue weighted by Crippen LogP contribution is -2.34. The number of anilines is 1. The molecule has 2 amide bonds. The number of hydrogen-bond donors (Lipinski definition) is 1. The predicted octanol–water partition coefficient (Wildman–Crippen LogP) is 3.48. The molecule has 7 nitrogen and oxygen atoms in total. The third-order valence-electron chi connectivity index (χ3n) is 5.52. The summed E-state index contributed by atoms with van der Waals surface area (Å²) in [5.41, 5.74) is 2.47. The second kappa shape index (κ2) is 9.64. The highest BCUT2D eigenvalue weighted by Gasteiger charge is 2.38. The quantitative estimate of drug-likeness (QED) is 0.688. The molecule has 1 fully saturated rings. The first-order chi connectivity index (χ1) is 14.8. The second-order valence-corrected chi connectivity index (χ2v) is 7.81. The van der Waals surface area contributed by atoms with E-state index in [1.807, 2.05) is 50.2 Å². The fourth-order valence-corrected chi connectivity index (χ4v) is 3.65. The number of carbonyl (C=O) groups excluding carboxylic acids is 3. The first-order valence-corrected chi connectivity index (χ1v) is 10.3. The highest BCUT2D eigenvalue weighted by molar-refractivity contribution is 5.97. The third kappa shape index (κ3) is 5.23. The van der Waals surface area contributed by atoms with E-state index in [-0.39, 0.29) is 24.9 Å². The minimum atomic E-state index is -1.01. The number of methoxy groups -OCH3 is 1. The smallest absolute Gasteiger partial charge is 0.312 e. The summed E-state index contributed by atoms with van der Waals surface area (Å²) in [6.45, 7) is 5.62. The van der Waals surface area contributed by atoms with E-state index in [4.69, 9.17) is 9.47 Å². The molecule has 1 aliphatic rings. The Morgan fingerprint density at radius 1 is 1.13 bits per heavy atom. The lowest BCUT2D eigenvalue weighted by molar-refractivity contribution is -0.157. The van der Waals surface area contributed by atoms with Crippen LogP contribution in [-0.2, 0) is 19.1 Å². The molecule has 1 N–H and O–H groups in total. The van der Waals surface area contributed by atoms with E-state index in [0.717, 1.165) is 11.1 Å². The molecule has 0 radical (unpaired) electrons. The lowest BCUT2D eigenvalue weighted by atomic mass is 10.1. The lowest BCUT2D eigenvalue weighted by Gasteiger charge is -2.25. The van der Waals surface area contributed by atoms with Crippen LogP contribution in [0.2, 0.25) is 0 Å². The molecule has 0 bridgehead atoms. The summed E-state index contributed by atoms with van der Waals surface area (Å²) in [5.74, 6) is -1.18. The average molecular weight is 424 g/mol. The number of nitrogens with zero attached hydrogens (tertiary/aromatic N) is 1. The highest BCUT2D eigenvalue weighted by Crippen LogP contribution is 2.29. The van der Waals surface area contributed by atoms with E-state index < -0.39 is 23.9 Å². The van der Waals surface area contributed by atoms with Crippen molar-refractivity contribution >= 4 is 23.5 Å². The number of amides is 2. The molecule has 3 rings (SSSR count). The molecule has 164 valence electrons. The van der Waals surface area contributed by atoms with Gasteiger partial charge in [-0.1, -0.05) is 36.4 Å². The van der Waals surface area contributed by atoms with Crippen LogP contribution in [0.4, 0.5) is 5.69 Å². The summed E-state index contributed by atoms with van der Waals surface area (Å²) < 4.78 is 10.6. The minimum Gasteiger partial charge on any atom is -0.495 e. The zero-order valence-electron chi connectivity index (χ0n) is 18.3. The van der Waals surface area contributed by atoms with Crippen LogP contribution in [-0.4, -0.2) is 42.4 Å². The maximum absolute atomic E-state index is 12.6. The monoisotopic (exact) mass is 424 g/mol. The normalized spacial score (nSPS) is 17.7. The van der Waals surface area contributed by atoms with Crippen molar-refractivity contribution in [3.63, 3.8) is 0 Å². The van der Waals surface area contributed by atoms with E-state index in [1.165, 1.54) is 14.0 Å². The molecule has 2 aromatic rings. The molecule has 1 aliphatic heterocycles. The summed E-state index contributed by atoms with van der Waals surface area (Å²) in [6.07, 6.45) is -0.927. The van der Waals surface area contributed by atoms with Crippen LogP contribution in [0.15, 0.2) is 48.5 Å². The average Bonchev–Trinajstić information content (AvgIpc) is 3.15. The number of esters is 1. The van der Waals surface area contributed by atoms with Gasteiger partial charge in [-0.2, -0.15) is 0 Å². The number of aryl methyl sites for hydroxylation is 1. The van der Waals surface area contributed by atoms with Gasteiger partial charge in [-0.25, -0.2) is 0 Å². The first kappa shape index (κ1) is 22.3. The molecule has 1 saturated heterocycles. The standard InChI is InChI=1S/C24H28N2O5/c1-15-10-11-21(30-4)20(12-15)25-23(28)17(3)31-24(29)19-13-22(27)26(14-19)16(2)18-8-6-5-7-9-18/h5-12,16-17,19H,13-14H2,1-4H3,(H,25,28)/t16-,17+,19-/m0/s1. The van der Waals surface area contributed by atoms with Crippen LogP contribution < -0.4 is 10.1 Å². The number of ether oxygens (including phenoxy) is 2. The van der Waals surface area contributed by atoms with E-state index in [2.05, 4.69) is 5.32 Å². The Morgan fingerprint density at radius 3 is 2.52 bits per heavy atom. The molecule has 2 aromatic carbocycles. The van der Waals surface area contributed by atoms with Crippen molar-refractivity contribution in [3.05, 3.63) is 59.7 Å². The molecule has 0 saturated carbocycles. The van der Waals surface area contributed by atoms with Gasteiger partial charge in [0.1, 0.15) is 5.75 Å². The minimum absolute atomic E-state index is 0.0794. The number of carbonyl (C=O) groups is 3. The highest BCUT2D eigenvalue weighted by atomic mass is 16.5. The summed E-state index contributed by atoms with van der Waals surface area (Å²) in [5, 5.41) is 2.74. The van der Waals surface area contributed by atoms with Crippen molar-refractivity contribution in [3.8, 4) is 5.75 Å². The van der Waals surface area contributed by atoms with Crippen LogP contribution >= 0.6 is 0 Å². The Labute approximate surface area is 182 Å². The van der Waals surface area contributed by atoms with Crippen molar-refractivity contribution in [2.24, 2.45) is 5.92 Å². The predicted molar refractivity (Wildman–Crippen MR) is 117 cm³/mol. The largest absolute Gasteiger partial charge is 0.495 e. The van der Waals surface area contributed by atoms with Crippen molar-refractivity contribution in [2.75, 3.05) is 19.0 Å². The molecule has 7 heteroatoms. The Balaban J connectivity index is 1.59. The van der Waals surface area contributed by atoms with Crippen LogP contribution in [0.5, 0.6) is 5.75 Å². The van der Waals surface area contributed by atoms with Crippen molar-refractivity contribution < 1.29 is 23.9 Å². The fourth-order valence-electron chi connectivity index (χ4n) is 3.65. The maximum Gasteiger partial charge on any atom is 0.312 e. The number of benzene rings is 2. The molecule has 0 spiro atoms. The molecule has 0 unspecified atom stereocenters. The van der Waals surface area contributed by atoms with Crippen molar-refractivity contribution in [2.45, 2.75) is 39.3 Å². The second-order valence-electron chi connectivity index (χ2n) is 7.81. The zero-order valence-corrected chi connectivity index (χ0v) is 18.3. The number of hydrogen-bond acceptors (Lipinski definition) is 5. The Hall–Kier alpha value is -3.35. The summed E-state index contributed by atoms with van der Waals surface area (Å²) in [4.78, 5) is 39.4. The van der Waals surface area contributed by atoms with Crippen molar-refractivity contribution in [1.29, 1.82) is 0 Å². The van der Waals surface area contributed by atoms with Gasteiger partial charge in [-0.15, -0.1) is 0 Å². The van der Waals surface area contributed by atoms with Gasteiger partial charge in [-0.05, 0) is 44.0 Å². The van der Waals surface area contributed by atoms with Crippen molar-refractivity contribution in [1.82, 2.24) is 4.90 Å². The number of nitrogens with one attached hydrogen (secondary N) is 1. The number of rotatable bonds is 7. The van der Waals surface area contributed by atoms with Gasteiger partial charge < -0.3 is 19.7 Å². The zero-order chi connectivity index (χ0) is 22.5. The van der Waals surface area contributed by atoms with Gasteiger partial charge in [-0.3, -0.25) is 14.4 Å². The van der Waals surface area contributed by atoms with Crippen LogP contribution in [0, 0.1) is 12.8 Å². The Kier molecular flexibility index (Phi) is 6.95. The van der Waals surface area contributed by atoms with Gasteiger partial charge in [0.15, 0.2) is 6.10 Å². The van der Waals surface area contributed by atoms with Gasteiger partial charge in [0.2, 0.25) is 5.91 Å². The molecular weight excluding hydrogens is 396 g/mol. The molecule has 1 heterocycles. The van der Waals surface area contributed by atoms with Gasteiger partial charge >= 0.3 is 5.97 Å². The van der Waals surface area contributed by atoms with Crippen LogP contribution in [0.1, 0.15) is 37.4 Å². The summed E-state index contributed by atoms with van der Waals surface area (Å²) in [6, 6.07) is 14.9. The third-order valence-corrected chi connectivity index (χ3v) is 5.52. The van der Waals surface area contributed by atoms with E-state index >= 15 is 0 Å². The van der Waals surface area contributed by atoms with Gasteiger partial charge in [0, 0.05) is 13.0 Å². The Morgan fingerprint density at radius 2 is 1.84 bits per heavy atom.